The van der Waals surface area contributed by atoms with Crippen LogP contribution in [-0.2, 0) is 0 Å². The Hall–Kier alpha value is 0.180. The molecule has 2 heteroatoms. The number of aliphatic hydroxyl groups is 1. The van der Waals surface area contributed by atoms with Crippen molar-refractivity contribution >= 4 is 15.9 Å². The minimum atomic E-state index is -0.204. The van der Waals surface area contributed by atoms with Crippen molar-refractivity contribution in [1.82, 2.24) is 0 Å². The quantitative estimate of drug-likeness (QED) is 0.756. The molecule has 0 saturated carbocycles. The van der Waals surface area contributed by atoms with Gasteiger partial charge in [-0.2, -0.15) is 0 Å². The second kappa shape index (κ2) is 4.27. The molecule has 0 aliphatic heterocycles. The zero-order valence-corrected chi connectivity index (χ0v) is 8.52. The highest BCUT2D eigenvalue weighted by Gasteiger charge is 2.15. The van der Waals surface area contributed by atoms with E-state index in [-0.39, 0.29) is 6.10 Å². The normalized spacial score (nSPS) is 22.1. The summed E-state index contributed by atoms with van der Waals surface area (Å²) in [6.07, 6.45) is 5.33. The fraction of sp³-hybridized carbons (Fsp3) is 0.778. The van der Waals surface area contributed by atoms with E-state index >= 15 is 0 Å². The molecule has 0 fully saturated rings. The summed E-state index contributed by atoms with van der Waals surface area (Å²) < 4.78 is 1.25. The van der Waals surface area contributed by atoms with Gasteiger partial charge in [-0.1, -0.05) is 22.9 Å². The number of allylic oxidation sites excluding steroid dienone is 1. The Balaban J connectivity index is 2.65. The van der Waals surface area contributed by atoms with Gasteiger partial charge in [-0.05, 0) is 42.2 Å². The molecule has 1 nitrogen and oxygen atoms in total. The average molecular weight is 219 g/mol. The van der Waals surface area contributed by atoms with Crippen LogP contribution in [0.5, 0.6) is 0 Å². The predicted molar refractivity (Wildman–Crippen MR) is 50.7 cm³/mol. The van der Waals surface area contributed by atoms with E-state index in [1.165, 1.54) is 22.9 Å². The molecule has 0 aromatic rings. The Morgan fingerprint density at radius 1 is 1.45 bits per heavy atom. The fourth-order valence-corrected chi connectivity index (χ4v) is 2.23. The lowest BCUT2D eigenvalue weighted by Crippen LogP contribution is -2.12. The highest BCUT2D eigenvalue weighted by Crippen LogP contribution is 2.31. The van der Waals surface area contributed by atoms with Gasteiger partial charge in [-0.3, -0.25) is 0 Å². The minimum absolute atomic E-state index is 0.204. The van der Waals surface area contributed by atoms with E-state index < -0.39 is 0 Å². The summed E-state index contributed by atoms with van der Waals surface area (Å²) in [5, 5.41) is 9.57. The molecule has 1 unspecified atom stereocenters. The molecule has 0 bridgehead atoms. The molecule has 1 rings (SSSR count). The molecular formula is C9H15BrO. The van der Waals surface area contributed by atoms with E-state index in [2.05, 4.69) is 15.9 Å². The maximum absolute atomic E-state index is 9.57. The van der Waals surface area contributed by atoms with Crippen molar-refractivity contribution in [2.24, 2.45) is 0 Å². The Labute approximate surface area is 76.6 Å². The SMILES string of the molecule is CCC(O)C1=C(Br)CCCC1. The predicted octanol–water partition coefficient (Wildman–Crippen LogP) is 2.98. The lowest BCUT2D eigenvalue weighted by Gasteiger charge is -2.20. The molecule has 1 atom stereocenters. The molecule has 1 aliphatic carbocycles. The monoisotopic (exact) mass is 218 g/mol. The second-order valence-corrected chi connectivity index (χ2v) is 4.02. The van der Waals surface area contributed by atoms with Crippen LogP contribution in [-0.4, -0.2) is 11.2 Å². The van der Waals surface area contributed by atoms with Gasteiger partial charge in [0, 0.05) is 0 Å². The molecule has 0 heterocycles. The summed E-state index contributed by atoms with van der Waals surface area (Å²) in [7, 11) is 0. The van der Waals surface area contributed by atoms with Gasteiger partial charge in [-0.25, -0.2) is 0 Å². The van der Waals surface area contributed by atoms with Gasteiger partial charge in [0.1, 0.15) is 0 Å². The van der Waals surface area contributed by atoms with Gasteiger partial charge in [0.2, 0.25) is 0 Å². The van der Waals surface area contributed by atoms with Crippen molar-refractivity contribution in [3.05, 3.63) is 10.1 Å². The third-order valence-corrected chi connectivity index (χ3v) is 3.14. The van der Waals surface area contributed by atoms with Crippen LogP contribution in [0.2, 0.25) is 0 Å². The Morgan fingerprint density at radius 3 is 2.64 bits per heavy atom. The van der Waals surface area contributed by atoms with Gasteiger partial charge < -0.3 is 5.11 Å². The van der Waals surface area contributed by atoms with Crippen LogP contribution in [0.3, 0.4) is 0 Å². The number of hydrogen-bond acceptors (Lipinski definition) is 1. The average Bonchev–Trinajstić information content (AvgIpc) is 2.04. The molecule has 0 aromatic carbocycles. The van der Waals surface area contributed by atoms with E-state index in [1.54, 1.807) is 0 Å². The minimum Gasteiger partial charge on any atom is -0.389 e. The number of halogens is 1. The van der Waals surface area contributed by atoms with Crippen molar-refractivity contribution in [2.75, 3.05) is 0 Å². The third-order valence-electron chi connectivity index (χ3n) is 2.23. The van der Waals surface area contributed by atoms with Crippen molar-refractivity contribution in [3.8, 4) is 0 Å². The molecular weight excluding hydrogens is 204 g/mol. The van der Waals surface area contributed by atoms with E-state index in [4.69, 9.17) is 0 Å². The van der Waals surface area contributed by atoms with Crippen LogP contribution >= 0.6 is 15.9 Å². The van der Waals surface area contributed by atoms with Crippen molar-refractivity contribution in [3.63, 3.8) is 0 Å². The molecule has 0 aromatic heterocycles. The first kappa shape index (κ1) is 9.27. The highest BCUT2D eigenvalue weighted by atomic mass is 79.9. The largest absolute Gasteiger partial charge is 0.389 e. The first-order chi connectivity index (χ1) is 5.25. The first-order valence-corrected chi connectivity index (χ1v) is 5.10. The second-order valence-electron chi connectivity index (χ2n) is 3.06. The number of hydrogen-bond donors (Lipinski definition) is 1. The van der Waals surface area contributed by atoms with Crippen LogP contribution in [0.4, 0.5) is 0 Å². The zero-order valence-electron chi connectivity index (χ0n) is 6.94. The fourth-order valence-electron chi connectivity index (χ4n) is 1.49. The topological polar surface area (TPSA) is 20.2 Å². The third kappa shape index (κ3) is 2.31. The van der Waals surface area contributed by atoms with Crippen LogP contribution < -0.4 is 0 Å². The van der Waals surface area contributed by atoms with Gasteiger partial charge >= 0.3 is 0 Å². The van der Waals surface area contributed by atoms with E-state index in [1.807, 2.05) is 6.92 Å². The Morgan fingerprint density at radius 2 is 2.09 bits per heavy atom. The van der Waals surface area contributed by atoms with E-state index in [0.29, 0.717) is 0 Å². The summed E-state index contributed by atoms with van der Waals surface area (Å²) in [5.41, 5.74) is 1.23. The lowest BCUT2D eigenvalue weighted by molar-refractivity contribution is 0.199. The first-order valence-electron chi connectivity index (χ1n) is 4.31. The van der Waals surface area contributed by atoms with Gasteiger partial charge in [0.05, 0.1) is 6.10 Å². The molecule has 64 valence electrons. The van der Waals surface area contributed by atoms with E-state index in [9.17, 15) is 5.11 Å². The van der Waals surface area contributed by atoms with Crippen LogP contribution in [0, 0.1) is 0 Å². The van der Waals surface area contributed by atoms with Crippen LogP contribution in [0.1, 0.15) is 39.0 Å². The maximum atomic E-state index is 9.57. The number of aliphatic hydroxyl groups excluding tert-OH is 1. The standard InChI is InChI=1S/C9H15BrO/c1-2-9(11)7-5-3-4-6-8(7)10/h9,11H,2-6H2,1H3. The highest BCUT2D eigenvalue weighted by molar-refractivity contribution is 9.11. The summed E-state index contributed by atoms with van der Waals surface area (Å²) in [4.78, 5) is 0. The molecule has 0 saturated heterocycles. The Kier molecular flexibility index (Phi) is 3.60. The summed E-state index contributed by atoms with van der Waals surface area (Å²) in [6, 6.07) is 0. The molecule has 1 N–H and O–H groups in total. The zero-order chi connectivity index (χ0) is 8.27. The molecule has 0 spiro atoms. The molecule has 11 heavy (non-hydrogen) atoms. The maximum Gasteiger partial charge on any atom is 0.0758 e. The summed E-state index contributed by atoms with van der Waals surface area (Å²) in [6.45, 7) is 2.02. The van der Waals surface area contributed by atoms with Gasteiger partial charge in [0.25, 0.3) is 0 Å². The molecule has 0 radical (unpaired) electrons. The van der Waals surface area contributed by atoms with Crippen molar-refractivity contribution in [1.29, 1.82) is 0 Å². The smallest absolute Gasteiger partial charge is 0.0758 e. The van der Waals surface area contributed by atoms with Crippen LogP contribution in [0.15, 0.2) is 10.1 Å². The molecule has 0 amide bonds. The van der Waals surface area contributed by atoms with Gasteiger partial charge in [-0.15, -0.1) is 0 Å². The Bertz CT molecular complexity index is 163. The summed E-state index contributed by atoms with van der Waals surface area (Å²) >= 11 is 3.52. The van der Waals surface area contributed by atoms with Crippen LogP contribution in [0.25, 0.3) is 0 Å². The lowest BCUT2D eigenvalue weighted by atomic mass is 9.94. The summed E-state index contributed by atoms with van der Waals surface area (Å²) in [5.74, 6) is 0. The van der Waals surface area contributed by atoms with Gasteiger partial charge in [0.15, 0.2) is 0 Å². The van der Waals surface area contributed by atoms with Crippen molar-refractivity contribution < 1.29 is 5.11 Å². The van der Waals surface area contributed by atoms with Crippen molar-refractivity contribution in [2.45, 2.75) is 45.1 Å². The van der Waals surface area contributed by atoms with E-state index in [0.717, 1.165) is 19.3 Å². The molecule has 1 aliphatic rings. The number of rotatable bonds is 2.